The molecule has 1 heterocycles. The normalized spacial score (nSPS) is 16.3. The number of hydrogen-bond donors (Lipinski definition) is 2. The Morgan fingerprint density at radius 1 is 1.07 bits per heavy atom. The second-order valence-electron chi connectivity index (χ2n) is 6.32. The van der Waals surface area contributed by atoms with Crippen LogP contribution in [-0.2, 0) is 16.0 Å². The molecular weight excluding hydrogens is 366 g/mol. The lowest BCUT2D eigenvalue weighted by Crippen LogP contribution is -2.33. The number of nitrogens with zero attached hydrogens (tertiary/aromatic N) is 1. The van der Waals surface area contributed by atoms with Crippen molar-refractivity contribution >= 4 is 35.1 Å². The smallest absolute Gasteiger partial charge is 0.324 e. The van der Waals surface area contributed by atoms with Crippen molar-refractivity contribution in [1.29, 1.82) is 0 Å². The van der Waals surface area contributed by atoms with Crippen molar-refractivity contribution in [1.82, 2.24) is 10.2 Å². The fraction of sp³-hybridized carbons (Fsp3) is 0.250. The number of rotatable bonds is 7. The number of carbonyl (C=O) groups excluding carboxylic acids is 3. The van der Waals surface area contributed by atoms with Gasteiger partial charge in [-0.2, -0.15) is 0 Å². The molecule has 2 aromatic carbocycles. The largest absolute Gasteiger partial charge is 0.326 e. The lowest BCUT2D eigenvalue weighted by Gasteiger charge is -2.13. The van der Waals surface area contributed by atoms with Crippen LogP contribution in [0, 0.1) is 0 Å². The van der Waals surface area contributed by atoms with E-state index < -0.39 is 12.1 Å². The first-order valence-corrected chi connectivity index (χ1v) is 9.12. The summed E-state index contributed by atoms with van der Waals surface area (Å²) in [6, 6.07) is 15.4. The second kappa shape index (κ2) is 8.68. The van der Waals surface area contributed by atoms with Crippen LogP contribution in [0.15, 0.2) is 54.6 Å². The van der Waals surface area contributed by atoms with Crippen LogP contribution in [0.4, 0.5) is 10.5 Å². The van der Waals surface area contributed by atoms with Crippen LogP contribution in [-0.4, -0.2) is 35.3 Å². The van der Waals surface area contributed by atoms with Gasteiger partial charge in [-0.3, -0.25) is 14.5 Å². The quantitative estimate of drug-likeness (QED) is 0.718. The van der Waals surface area contributed by atoms with Gasteiger partial charge < -0.3 is 10.6 Å². The Morgan fingerprint density at radius 3 is 2.48 bits per heavy atom. The van der Waals surface area contributed by atoms with Gasteiger partial charge in [-0.15, -0.1) is 0 Å². The first-order chi connectivity index (χ1) is 13.0. The van der Waals surface area contributed by atoms with Crippen molar-refractivity contribution in [3.8, 4) is 0 Å². The minimum absolute atomic E-state index is 0.131. The summed E-state index contributed by atoms with van der Waals surface area (Å²) in [6.45, 7) is 0.322. The molecule has 0 bridgehead atoms. The van der Waals surface area contributed by atoms with Crippen molar-refractivity contribution in [3.05, 3.63) is 65.2 Å². The van der Waals surface area contributed by atoms with E-state index in [0.717, 1.165) is 5.56 Å². The molecule has 1 aliphatic heterocycles. The number of benzene rings is 2. The van der Waals surface area contributed by atoms with Crippen LogP contribution < -0.4 is 10.6 Å². The summed E-state index contributed by atoms with van der Waals surface area (Å²) in [4.78, 5) is 37.8. The van der Waals surface area contributed by atoms with Crippen LogP contribution in [0.5, 0.6) is 0 Å². The number of halogens is 1. The Balaban J connectivity index is 1.48. The molecule has 0 spiro atoms. The second-order valence-corrected chi connectivity index (χ2v) is 6.76. The highest BCUT2D eigenvalue weighted by Crippen LogP contribution is 2.16. The third-order valence-electron chi connectivity index (χ3n) is 4.36. The van der Waals surface area contributed by atoms with E-state index in [1.54, 1.807) is 24.3 Å². The maximum absolute atomic E-state index is 12.4. The Hall–Kier alpha value is -2.86. The molecule has 1 fully saturated rings. The van der Waals surface area contributed by atoms with Gasteiger partial charge in [-0.1, -0.05) is 41.9 Å². The molecule has 2 N–H and O–H groups in total. The van der Waals surface area contributed by atoms with Crippen LogP contribution in [0.1, 0.15) is 18.4 Å². The van der Waals surface area contributed by atoms with Gasteiger partial charge in [0.1, 0.15) is 6.04 Å². The Bertz CT molecular complexity index is 824. The van der Waals surface area contributed by atoms with E-state index in [9.17, 15) is 14.4 Å². The summed E-state index contributed by atoms with van der Waals surface area (Å²) in [5.41, 5.74) is 1.69. The van der Waals surface area contributed by atoms with Gasteiger partial charge >= 0.3 is 6.03 Å². The summed E-state index contributed by atoms with van der Waals surface area (Å²) in [7, 11) is 0. The molecule has 27 heavy (non-hydrogen) atoms. The number of hydrogen-bond acceptors (Lipinski definition) is 3. The summed E-state index contributed by atoms with van der Waals surface area (Å²) in [6.07, 6.45) is 0.988. The molecule has 140 valence electrons. The molecular formula is C20H20ClN3O3. The van der Waals surface area contributed by atoms with Gasteiger partial charge in [0.25, 0.3) is 5.91 Å². The molecule has 4 amide bonds. The van der Waals surface area contributed by atoms with Crippen LogP contribution >= 0.6 is 11.6 Å². The van der Waals surface area contributed by atoms with Crippen molar-refractivity contribution in [2.75, 3.05) is 11.9 Å². The fourth-order valence-electron chi connectivity index (χ4n) is 2.90. The highest BCUT2D eigenvalue weighted by atomic mass is 35.5. The predicted molar refractivity (Wildman–Crippen MR) is 103 cm³/mol. The maximum Gasteiger partial charge on any atom is 0.324 e. The first kappa shape index (κ1) is 18.9. The van der Waals surface area contributed by atoms with Crippen LogP contribution in [0.2, 0.25) is 5.02 Å². The van der Waals surface area contributed by atoms with Gasteiger partial charge in [0.15, 0.2) is 0 Å². The maximum atomic E-state index is 12.4. The Morgan fingerprint density at radius 2 is 1.78 bits per heavy atom. The average Bonchev–Trinajstić information content (AvgIpc) is 2.94. The predicted octanol–water partition coefficient (Wildman–Crippen LogP) is 3.22. The molecule has 3 rings (SSSR count). The van der Waals surface area contributed by atoms with E-state index in [0.29, 0.717) is 23.7 Å². The van der Waals surface area contributed by atoms with Crippen molar-refractivity contribution in [3.63, 3.8) is 0 Å². The van der Waals surface area contributed by atoms with E-state index in [1.807, 2.05) is 30.3 Å². The summed E-state index contributed by atoms with van der Waals surface area (Å²) >= 11 is 5.81. The molecule has 1 aliphatic rings. The molecule has 0 aromatic heterocycles. The zero-order valence-corrected chi connectivity index (χ0v) is 15.4. The van der Waals surface area contributed by atoms with Crippen molar-refractivity contribution in [2.45, 2.75) is 25.3 Å². The topological polar surface area (TPSA) is 78.5 Å². The molecule has 2 aromatic rings. The molecule has 1 atom stereocenters. The lowest BCUT2D eigenvalue weighted by atomic mass is 10.1. The van der Waals surface area contributed by atoms with Gasteiger partial charge in [-0.25, -0.2) is 4.79 Å². The average molecular weight is 386 g/mol. The molecule has 0 radical (unpaired) electrons. The molecule has 0 saturated carbocycles. The minimum atomic E-state index is -0.663. The van der Waals surface area contributed by atoms with Crippen LogP contribution in [0.25, 0.3) is 0 Å². The Kier molecular flexibility index (Phi) is 6.08. The summed E-state index contributed by atoms with van der Waals surface area (Å²) < 4.78 is 0. The van der Waals surface area contributed by atoms with Crippen LogP contribution in [0.3, 0.4) is 0 Å². The van der Waals surface area contributed by atoms with Crippen molar-refractivity contribution < 1.29 is 14.4 Å². The number of carbonyl (C=O) groups is 3. The molecule has 7 heteroatoms. The number of imide groups is 1. The number of amides is 4. The number of anilines is 1. The van der Waals surface area contributed by atoms with Crippen molar-refractivity contribution in [2.24, 2.45) is 0 Å². The monoisotopic (exact) mass is 385 g/mol. The zero-order chi connectivity index (χ0) is 19.2. The molecule has 0 aliphatic carbocycles. The highest BCUT2D eigenvalue weighted by Gasteiger charge is 2.37. The third kappa shape index (κ3) is 5.08. The third-order valence-corrected chi connectivity index (χ3v) is 4.61. The standard InChI is InChI=1S/C20H20ClN3O3/c21-15-6-8-16(9-7-15)22-18(25)11-10-17-19(26)24(20(27)23-17)13-12-14-4-2-1-3-5-14/h1-9,17H,10-13H2,(H,22,25)(H,23,27)/t17-/m0/s1. The fourth-order valence-corrected chi connectivity index (χ4v) is 3.03. The number of urea groups is 1. The van der Waals surface area contributed by atoms with E-state index >= 15 is 0 Å². The van der Waals surface area contributed by atoms with Gasteiger partial charge in [0, 0.05) is 23.7 Å². The SMILES string of the molecule is O=C(CC[C@@H]1NC(=O)N(CCc2ccccc2)C1=O)Nc1ccc(Cl)cc1. The molecule has 6 nitrogen and oxygen atoms in total. The number of nitrogens with one attached hydrogen (secondary N) is 2. The van der Waals surface area contributed by atoms with E-state index in [2.05, 4.69) is 10.6 Å². The summed E-state index contributed by atoms with van der Waals surface area (Å²) in [5, 5.41) is 5.98. The first-order valence-electron chi connectivity index (χ1n) is 8.74. The molecule has 1 saturated heterocycles. The van der Waals surface area contributed by atoms with E-state index in [-0.39, 0.29) is 24.7 Å². The van der Waals surface area contributed by atoms with E-state index in [4.69, 9.17) is 11.6 Å². The highest BCUT2D eigenvalue weighted by molar-refractivity contribution is 6.30. The zero-order valence-electron chi connectivity index (χ0n) is 14.7. The molecule has 0 unspecified atom stereocenters. The van der Waals surface area contributed by atoms with Gasteiger partial charge in [-0.05, 0) is 42.7 Å². The van der Waals surface area contributed by atoms with Gasteiger partial charge in [0.05, 0.1) is 0 Å². The Labute approximate surface area is 162 Å². The minimum Gasteiger partial charge on any atom is -0.326 e. The van der Waals surface area contributed by atoms with Gasteiger partial charge in [0.2, 0.25) is 5.91 Å². The van der Waals surface area contributed by atoms with E-state index in [1.165, 1.54) is 4.90 Å². The summed E-state index contributed by atoms with van der Waals surface area (Å²) in [5.74, 6) is -0.502. The lowest BCUT2D eigenvalue weighted by molar-refractivity contribution is -0.127.